The summed E-state index contributed by atoms with van der Waals surface area (Å²) in [4.78, 5) is 26.1. The third-order valence-corrected chi connectivity index (χ3v) is 3.52. The number of alkyl halides is 3. The zero-order chi connectivity index (χ0) is 20.0. The molecule has 0 aliphatic carbocycles. The summed E-state index contributed by atoms with van der Waals surface area (Å²) in [5.74, 6) is -2.09. The van der Waals surface area contributed by atoms with Gasteiger partial charge in [-0.15, -0.1) is 0 Å². The molecular weight excluding hydrogens is 370 g/mol. The van der Waals surface area contributed by atoms with Gasteiger partial charge in [0.1, 0.15) is 23.7 Å². The van der Waals surface area contributed by atoms with Crippen molar-refractivity contribution in [1.29, 1.82) is 0 Å². The summed E-state index contributed by atoms with van der Waals surface area (Å²) in [6.07, 6.45) is -4.37. The molecular formula is C17H17F4N3O3. The molecule has 6 nitrogen and oxygen atoms in total. The van der Waals surface area contributed by atoms with Gasteiger partial charge in [0.2, 0.25) is 0 Å². The SMILES string of the molecule is CNC(=O)c1[nH]c(C(=O)NCC(F)(F)F)cc1OCCc1ccccc1F. The van der Waals surface area contributed by atoms with Crippen LogP contribution in [0.25, 0.3) is 0 Å². The highest BCUT2D eigenvalue weighted by molar-refractivity contribution is 5.99. The lowest BCUT2D eigenvalue weighted by Crippen LogP contribution is -2.34. The third kappa shape index (κ3) is 5.73. The molecule has 1 aromatic heterocycles. The van der Waals surface area contributed by atoms with Gasteiger partial charge in [-0.3, -0.25) is 9.59 Å². The maximum absolute atomic E-state index is 13.6. The first kappa shape index (κ1) is 20.3. The van der Waals surface area contributed by atoms with Gasteiger partial charge in [0.05, 0.1) is 6.61 Å². The molecule has 0 radical (unpaired) electrons. The fourth-order valence-electron chi connectivity index (χ4n) is 2.21. The summed E-state index contributed by atoms with van der Waals surface area (Å²) >= 11 is 0. The summed E-state index contributed by atoms with van der Waals surface area (Å²) in [5, 5.41) is 4.02. The molecule has 1 aromatic carbocycles. The predicted molar refractivity (Wildman–Crippen MR) is 88.2 cm³/mol. The van der Waals surface area contributed by atoms with Crippen LogP contribution in [0, 0.1) is 5.82 Å². The number of H-pyrrole nitrogens is 1. The second kappa shape index (κ2) is 8.56. The number of halogens is 4. The summed E-state index contributed by atoms with van der Waals surface area (Å²) in [6, 6.07) is 7.20. The zero-order valence-corrected chi connectivity index (χ0v) is 14.2. The van der Waals surface area contributed by atoms with E-state index >= 15 is 0 Å². The first-order valence-corrected chi connectivity index (χ1v) is 7.87. The van der Waals surface area contributed by atoms with E-state index in [1.807, 2.05) is 0 Å². The van der Waals surface area contributed by atoms with Gasteiger partial charge in [0.25, 0.3) is 11.8 Å². The average Bonchev–Trinajstić information content (AvgIpc) is 3.04. The van der Waals surface area contributed by atoms with E-state index in [2.05, 4.69) is 10.3 Å². The molecule has 0 atom stereocenters. The molecule has 146 valence electrons. The largest absolute Gasteiger partial charge is 0.491 e. The van der Waals surface area contributed by atoms with Crippen molar-refractivity contribution in [1.82, 2.24) is 15.6 Å². The lowest BCUT2D eigenvalue weighted by molar-refractivity contribution is -0.123. The molecule has 0 aliphatic heterocycles. The Balaban J connectivity index is 2.09. The summed E-state index contributed by atoms with van der Waals surface area (Å²) in [6.45, 7) is -1.52. The standard InChI is InChI=1S/C17H17F4N3O3/c1-22-16(26)14-13(27-7-6-10-4-2-3-5-11(10)18)8-12(24-14)15(25)23-9-17(19,20)21/h2-5,8,24H,6-7,9H2,1H3,(H,22,26)(H,23,25). The van der Waals surface area contributed by atoms with Gasteiger partial charge in [-0.05, 0) is 11.6 Å². The van der Waals surface area contributed by atoms with E-state index in [0.717, 1.165) is 6.07 Å². The van der Waals surface area contributed by atoms with Gasteiger partial charge >= 0.3 is 6.18 Å². The molecule has 0 spiro atoms. The normalized spacial score (nSPS) is 11.1. The van der Waals surface area contributed by atoms with Crippen molar-refractivity contribution < 1.29 is 31.9 Å². The van der Waals surface area contributed by atoms with Crippen molar-refractivity contribution in [2.45, 2.75) is 12.6 Å². The third-order valence-electron chi connectivity index (χ3n) is 3.52. The highest BCUT2D eigenvalue weighted by atomic mass is 19.4. The number of aromatic nitrogens is 1. The Hall–Kier alpha value is -3.04. The monoisotopic (exact) mass is 387 g/mol. The molecule has 0 saturated heterocycles. The molecule has 2 amide bonds. The minimum atomic E-state index is -4.56. The van der Waals surface area contributed by atoms with E-state index in [1.165, 1.54) is 13.1 Å². The van der Waals surface area contributed by atoms with Crippen molar-refractivity contribution in [3.8, 4) is 5.75 Å². The second-order valence-corrected chi connectivity index (χ2v) is 5.49. The van der Waals surface area contributed by atoms with Crippen LogP contribution >= 0.6 is 0 Å². The Morgan fingerprint density at radius 1 is 1.19 bits per heavy atom. The topological polar surface area (TPSA) is 83.2 Å². The van der Waals surface area contributed by atoms with Crippen LogP contribution in [0.1, 0.15) is 26.5 Å². The van der Waals surface area contributed by atoms with Gasteiger partial charge in [0, 0.05) is 19.5 Å². The molecule has 0 fully saturated rings. The first-order chi connectivity index (χ1) is 12.7. The van der Waals surface area contributed by atoms with Gasteiger partial charge in [-0.25, -0.2) is 4.39 Å². The number of hydrogen-bond donors (Lipinski definition) is 3. The van der Waals surface area contributed by atoms with Gasteiger partial charge in [-0.2, -0.15) is 13.2 Å². The van der Waals surface area contributed by atoms with Crippen molar-refractivity contribution in [2.75, 3.05) is 20.2 Å². The molecule has 10 heteroatoms. The number of benzene rings is 1. The smallest absolute Gasteiger partial charge is 0.405 e. The maximum atomic E-state index is 13.6. The van der Waals surface area contributed by atoms with Gasteiger partial charge < -0.3 is 20.4 Å². The average molecular weight is 387 g/mol. The number of ether oxygens (including phenoxy) is 1. The molecule has 27 heavy (non-hydrogen) atoms. The fourth-order valence-corrected chi connectivity index (χ4v) is 2.21. The molecule has 0 aliphatic rings. The van der Waals surface area contributed by atoms with Crippen molar-refractivity contribution in [2.24, 2.45) is 0 Å². The Bertz CT molecular complexity index is 818. The van der Waals surface area contributed by atoms with Crippen LogP contribution in [0.3, 0.4) is 0 Å². The number of hydrogen-bond acceptors (Lipinski definition) is 3. The fraction of sp³-hybridized carbons (Fsp3) is 0.294. The van der Waals surface area contributed by atoms with E-state index in [0.29, 0.717) is 5.56 Å². The number of rotatable bonds is 7. The summed E-state index contributed by atoms with van der Waals surface area (Å²) in [5.41, 5.74) is 0.0135. The van der Waals surface area contributed by atoms with Crippen molar-refractivity contribution in [3.63, 3.8) is 0 Å². The minimum Gasteiger partial charge on any atom is -0.491 e. The van der Waals surface area contributed by atoms with Crippen LogP contribution < -0.4 is 15.4 Å². The lowest BCUT2D eigenvalue weighted by Gasteiger charge is -2.07. The Labute approximate surface area is 151 Å². The van der Waals surface area contributed by atoms with Crippen LogP contribution in [0.2, 0.25) is 0 Å². The van der Waals surface area contributed by atoms with E-state index in [4.69, 9.17) is 4.74 Å². The van der Waals surface area contributed by atoms with E-state index in [-0.39, 0.29) is 30.2 Å². The number of carbonyl (C=O) groups is 2. The number of nitrogens with one attached hydrogen (secondary N) is 3. The molecule has 3 N–H and O–H groups in total. The number of amides is 2. The molecule has 2 rings (SSSR count). The van der Waals surface area contributed by atoms with Crippen molar-refractivity contribution in [3.05, 3.63) is 53.1 Å². The van der Waals surface area contributed by atoms with Crippen LogP contribution in [-0.4, -0.2) is 43.2 Å². The van der Waals surface area contributed by atoms with Gasteiger partial charge in [-0.1, -0.05) is 18.2 Å². The first-order valence-electron chi connectivity index (χ1n) is 7.87. The van der Waals surface area contributed by atoms with Crippen LogP contribution in [0.5, 0.6) is 5.75 Å². The summed E-state index contributed by atoms with van der Waals surface area (Å²) < 4.78 is 55.7. The number of carbonyl (C=O) groups excluding carboxylic acids is 2. The van der Waals surface area contributed by atoms with Crippen LogP contribution in [0.15, 0.2) is 30.3 Å². The van der Waals surface area contributed by atoms with Crippen LogP contribution in [-0.2, 0) is 6.42 Å². The van der Waals surface area contributed by atoms with E-state index in [9.17, 15) is 27.2 Å². The molecule has 0 bridgehead atoms. The maximum Gasteiger partial charge on any atom is 0.405 e. The second-order valence-electron chi connectivity index (χ2n) is 5.49. The number of aromatic amines is 1. The molecule has 0 unspecified atom stereocenters. The van der Waals surface area contributed by atoms with Crippen LogP contribution in [0.4, 0.5) is 17.6 Å². The Kier molecular flexibility index (Phi) is 6.43. The zero-order valence-electron chi connectivity index (χ0n) is 14.2. The van der Waals surface area contributed by atoms with E-state index < -0.39 is 30.4 Å². The quantitative estimate of drug-likeness (QED) is 0.638. The molecule has 1 heterocycles. The molecule has 2 aromatic rings. The van der Waals surface area contributed by atoms with Crippen molar-refractivity contribution >= 4 is 11.8 Å². The van der Waals surface area contributed by atoms with E-state index in [1.54, 1.807) is 23.5 Å². The Morgan fingerprint density at radius 2 is 1.89 bits per heavy atom. The highest BCUT2D eigenvalue weighted by Crippen LogP contribution is 2.21. The minimum absolute atomic E-state index is 0.00755. The Morgan fingerprint density at radius 3 is 2.52 bits per heavy atom. The highest BCUT2D eigenvalue weighted by Gasteiger charge is 2.29. The predicted octanol–water partition coefficient (Wildman–Crippen LogP) is 2.43. The summed E-state index contributed by atoms with van der Waals surface area (Å²) in [7, 11) is 1.34. The molecule has 0 saturated carbocycles. The lowest BCUT2D eigenvalue weighted by atomic mass is 10.1. The van der Waals surface area contributed by atoms with Gasteiger partial charge in [0.15, 0.2) is 5.75 Å².